The van der Waals surface area contributed by atoms with Gasteiger partial charge in [-0.2, -0.15) is 11.8 Å². The second-order valence-electron chi connectivity index (χ2n) is 8.03. The number of thioether (sulfide) groups is 1. The Labute approximate surface area is 207 Å². The van der Waals surface area contributed by atoms with Crippen LogP contribution in [0, 0.1) is 0 Å². The molecule has 1 aromatic heterocycles. The molecule has 0 fully saturated rings. The summed E-state index contributed by atoms with van der Waals surface area (Å²) in [7, 11) is 0. The Morgan fingerprint density at radius 1 is 1.03 bits per heavy atom. The Morgan fingerprint density at radius 3 is 2.26 bits per heavy atom. The minimum absolute atomic E-state index is 0.0503. The van der Waals surface area contributed by atoms with Crippen molar-refractivity contribution < 1.29 is 24.2 Å². The molecule has 1 aliphatic rings. The standard InChI is InChI=1S/C26H25N3O5S/c1-35-13-12-23(25(31)32)29-24(30)22-11-10-16(14-27-22)28-26(33)34-15-21-19-8-4-2-6-17(19)18-7-3-5-9-20(18)21/h2-11,14,21,23H,12-13,15H2,1H3,(H,28,33)(H,29,30)(H,31,32)/t23-/m0/s1. The first-order valence-electron chi connectivity index (χ1n) is 11.1. The minimum Gasteiger partial charge on any atom is -0.480 e. The predicted octanol–water partition coefficient (Wildman–Crippen LogP) is 4.38. The third-order valence-electron chi connectivity index (χ3n) is 5.80. The highest BCUT2D eigenvalue weighted by atomic mass is 32.2. The minimum atomic E-state index is -1.10. The summed E-state index contributed by atoms with van der Waals surface area (Å²) in [6.07, 6.45) is 2.87. The van der Waals surface area contributed by atoms with Gasteiger partial charge >= 0.3 is 12.1 Å². The molecular formula is C26H25N3O5S. The van der Waals surface area contributed by atoms with Crippen molar-refractivity contribution in [3.63, 3.8) is 0 Å². The van der Waals surface area contributed by atoms with Crippen LogP contribution in [-0.2, 0) is 9.53 Å². The summed E-state index contributed by atoms with van der Waals surface area (Å²) >= 11 is 1.50. The molecule has 0 saturated carbocycles. The third kappa shape index (κ3) is 5.63. The molecule has 3 aromatic rings. The normalized spacial score (nSPS) is 12.8. The first-order valence-corrected chi connectivity index (χ1v) is 12.5. The number of anilines is 1. The first kappa shape index (κ1) is 24.3. The van der Waals surface area contributed by atoms with Crippen molar-refractivity contribution in [1.29, 1.82) is 0 Å². The maximum atomic E-state index is 12.4. The molecule has 0 spiro atoms. The van der Waals surface area contributed by atoms with Crippen LogP contribution in [0.3, 0.4) is 0 Å². The lowest BCUT2D eigenvalue weighted by molar-refractivity contribution is -0.139. The number of carboxylic acids is 1. The molecule has 4 rings (SSSR count). The van der Waals surface area contributed by atoms with Crippen LogP contribution >= 0.6 is 11.8 Å². The molecule has 2 aromatic carbocycles. The van der Waals surface area contributed by atoms with Crippen LogP contribution in [0.15, 0.2) is 66.9 Å². The maximum Gasteiger partial charge on any atom is 0.411 e. The van der Waals surface area contributed by atoms with Crippen molar-refractivity contribution in [3.8, 4) is 11.1 Å². The largest absolute Gasteiger partial charge is 0.480 e. The van der Waals surface area contributed by atoms with Gasteiger partial charge in [-0.05, 0) is 52.8 Å². The number of aromatic nitrogens is 1. The molecule has 3 N–H and O–H groups in total. The molecule has 35 heavy (non-hydrogen) atoms. The van der Waals surface area contributed by atoms with E-state index in [0.717, 1.165) is 22.3 Å². The summed E-state index contributed by atoms with van der Waals surface area (Å²) in [5, 5.41) is 14.4. The van der Waals surface area contributed by atoms with Crippen LogP contribution in [0.2, 0.25) is 0 Å². The number of hydrogen-bond acceptors (Lipinski definition) is 6. The highest BCUT2D eigenvalue weighted by Gasteiger charge is 2.29. The fourth-order valence-corrected chi connectivity index (χ4v) is 4.55. The van der Waals surface area contributed by atoms with Crippen molar-refractivity contribution in [2.24, 2.45) is 0 Å². The number of pyridine rings is 1. The smallest absolute Gasteiger partial charge is 0.411 e. The first-order chi connectivity index (χ1) is 17.0. The molecular weight excluding hydrogens is 466 g/mol. The molecule has 0 radical (unpaired) electrons. The van der Waals surface area contributed by atoms with Crippen molar-refractivity contribution in [2.45, 2.75) is 18.4 Å². The number of nitrogens with one attached hydrogen (secondary N) is 2. The number of benzene rings is 2. The lowest BCUT2D eigenvalue weighted by Gasteiger charge is -2.15. The summed E-state index contributed by atoms with van der Waals surface area (Å²) in [5.74, 6) is -1.13. The number of carbonyl (C=O) groups is 3. The molecule has 8 nitrogen and oxygen atoms in total. The fourth-order valence-electron chi connectivity index (χ4n) is 4.08. The molecule has 2 amide bonds. The van der Waals surface area contributed by atoms with Crippen LogP contribution < -0.4 is 10.6 Å². The van der Waals surface area contributed by atoms with E-state index < -0.39 is 24.0 Å². The monoisotopic (exact) mass is 491 g/mol. The number of nitrogens with zero attached hydrogens (tertiary/aromatic N) is 1. The zero-order valence-electron chi connectivity index (χ0n) is 19.1. The molecule has 0 aliphatic heterocycles. The Balaban J connectivity index is 1.34. The van der Waals surface area contributed by atoms with Gasteiger partial charge in [-0.1, -0.05) is 48.5 Å². The summed E-state index contributed by atoms with van der Waals surface area (Å²) in [6, 6.07) is 18.1. The van der Waals surface area contributed by atoms with Crippen molar-refractivity contribution in [2.75, 3.05) is 23.9 Å². The molecule has 0 bridgehead atoms. The average Bonchev–Trinajstić information content (AvgIpc) is 3.19. The average molecular weight is 492 g/mol. The van der Waals surface area contributed by atoms with Gasteiger partial charge in [-0.3, -0.25) is 10.1 Å². The zero-order valence-corrected chi connectivity index (χ0v) is 19.9. The van der Waals surface area contributed by atoms with Crippen molar-refractivity contribution >= 4 is 35.4 Å². The quantitative estimate of drug-likeness (QED) is 0.407. The Bertz CT molecular complexity index is 1190. The number of fused-ring (bicyclic) bond motifs is 3. The molecule has 0 unspecified atom stereocenters. The number of carboxylic acid groups (broad SMARTS) is 1. The maximum absolute atomic E-state index is 12.4. The summed E-state index contributed by atoms with van der Waals surface area (Å²) in [6.45, 7) is 0.181. The van der Waals surface area contributed by atoms with Crippen LogP contribution in [0.1, 0.15) is 34.0 Å². The third-order valence-corrected chi connectivity index (χ3v) is 6.44. The number of amides is 2. The van der Waals surface area contributed by atoms with Gasteiger partial charge < -0.3 is 15.2 Å². The fraction of sp³-hybridized carbons (Fsp3) is 0.231. The lowest BCUT2D eigenvalue weighted by Crippen LogP contribution is -2.41. The van der Waals surface area contributed by atoms with E-state index in [-0.39, 0.29) is 18.2 Å². The highest BCUT2D eigenvalue weighted by molar-refractivity contribution is 7.98. The van der Waals surface area contributed by atoms with Crippen LogP contribution in [-0.4, -0.2) is 52.7 Å². The van der Waals surface area contributed by atoms with Gasteiger partial charge in [-0.15, -0.1) is 0 Å². The molecule has 1 atom stereocenters. The molecule has 0 saturated heterocycles. The summed E-state index contributed by atoms with van der Waals surface area (Å²) < 4.78 is 5.51. The number of aliphatic carboxylic acids is 1. The van der Waals surface area contributed by atoms with E-state index in [1.165, 1.54) is 30.1 Å². The van der Waals surface area contributed by atoms with E-state index in [1.54, 1.807) is 0 Å². The van der Waals surface area contributed by atoms with Crippen molar-refractivity contribution in [1.82, 2.24) is 10.3 Å². The molecule has 1 heterocycles. The zero-order chi connectivity index (χ0) is 24.8. The Morgan fingerprint density at radius 2 is 1.69 bits per heavy atom. The predicted molar refractivity (Wildman–Crippen MR) is 135 cm³/mol. The lowest BCUT2D eigenvalue weighted by atomic mass is 9.98. The number of ether oxygens (including phenoxy) is 1. The van der Waals surface area contributed by atoms with Crippen LogP contribution in [0.25, 0.3) is 11.1 Å². The summed E-state index contributed by atoms with van der Waals surface area (Å²) in [4.78, 5) is 40.2. The van der Waals surface area contributed by atoms with Crippen LogP contribution in [0.4, 0.5) is 10.5 Å². The van der Waals surface area contributed by atoms with Gasteiger partial charge in [0.1, 0.15) is 18.3 Å². The van der Waals surface area contributed by atoms with Crippen LogP contribution in [0.5, 0.6) is 0 Å². The van der Waals surface area contributed by atoms with E-state index in [9.17, 15) is 19.5 Å². The highest BCUT2D eigenvalue weighted by Crippen LogP contribution is 2.44. The molecule has 9 heteroatoms. The van der Waals surface area contributed by atoms with Gasteiger partial charge in [0, 0.05) is 5.92 Å². The second kappa shape index (κ2) is 11.1. The van der Waals surface area contributed by atoms with E-state index >= 15 is 0 Å². The molecule has 180 valence electrons. The van der Waals surface area contributed by atoms with Gasteiger partial charge in [-0.25, -0.2) is 14.6 Å². The second-order valence-corrected chi connectivity index (χ2v) is 9.01. The Hall–Kier alpha value is -3.85. The van der Waals surface area contributed by atoms with Gasteiger partial charge in [0.2, 0.25) is 0 Å². The van der Waals surface area contributed by atoms with E-state index in [0.29, 0.717) is 17.9 Å². The SMILES string of the molecule is CSCC[C@H](NC(=O)c1ccc(NC(=O)OCC2c3ccccc3-c3ccccc32)cn1)C(=O)O. The number of hydrogen-bond donors (Lipinski definition) is 3. The Kier molecular flexibility index (Phi) is 7.67. The van der Waals surface area contributed by atoms with Gasteiger partial charge in [0.25, 0.3) is 5.91 Å². The van der Waals surface area contributed by atoms with Crippen molar-refractivity contribution in [3.05, 3.63) is 83.7 Å². The number of carbonyl (C=O) groups excluding carboxylic acids is 2. The van der Waals surface area contributed by atoms with Gasteiger partial charge in [0.05, 0.1) is 11.9 Å². The molecule has 1 aliphatic carbocycles. The topological polar surface area (TPSA) is 118 Å². The van der Waals surface area contributed by atoms with E-state index in [2.05, 4.69) is 27.8 Å². The number of rotatable bonds is 9. The van der Waals surface area contributed by atoms with E-state index in [1.807, 2.05) is 42.7 Å². The summed E-state index contributed by atoms with van der Waals surface area (Å²) in [5.41, 5.74) is 4.95. The van der Waals surface area contributed by atoms with Gasteiger partial charge in [0.15, 0.2) is 0 Å². The van der Waals surface area contributed by atoms with E-state index in [4.69, 9.17) is 4.74 Å².